The van der Waals surface area contributed by atoms with Crippen molar-refractivity contribution in [2.45, 2.75) is 25.6 Å². The minimum Gasteiger partial charge on any atom is -0.385 e. The number of halogens is 2. The quantitative estimate of drug-likeness (QED) is 0.783. The van der Waals surface area contributed by atoms with E-state index in [4.69, 9.17) is 0 Å². The van der Waals surface area contributed by atoms with E-state index in [9.17, 15) is 13.9 Å². The molecule has 0 radical (unpaired) electrons. The van der Waals surface area contributed by atoms with Crippen LogP contribution in [-0.4, -0.2) is 22.2 Å². The molecule has 0 bridgehead atoms. The lowest BCUT2D eigenvalue weighted by molar-refractivity contribution is 0.0551. The first-order valence-electron chi connectivity index (χ1n) is 7.46. The lowest BCUT2D eigenvalue weighted by Gasteiger charge is -2.29. The normalized spacial score (nSPS) is 13.8. The van der Waals surface area contributed by atoms with Crippen LogP contribution in [-0.2, 0) is 13.1 Å². The Morgan fingerprint density at radius 3 is 2.35 bits per heavy atom. The summed E-state index contributed by atoms with van der Waals surface area (Å²) >= 11 is 0. The predicted molar refractivity (Wildman–Crippen MR) is 87.7 cm³/mol. The lowest BCUT2D eigenvalue weighted by Crippen LogP contribution is -2.38. The molecule has 1 atom stereocenters. The Labute approximate surface area is 135 Å². The van der Waals surface area contributed by atoms with E-state index in [0.717, 1.165) is 5.56 Å². The molecule has 2 aromatic rings. The molecule has 0 saturated heterocycles. The fourth-order valence-corrected chi connectivity index (χ4v) is 2.40. The second kappa shape index (κ2) is 7.49. The van der Waals surface area contributed by atoms with E-state index in [1.54, 1.807) is 37.3 Å². The third-order valence-corrected chi connectivity index (χ3v) is 3.65. The molecule has 0 spiro atoms. The SMILES string of the molecule is C=CC(C)(O)CN(Cc1ccc(F)cc1)Cc1ccccc1F. The molecular weight excluding hydrogens is 296 g/mol. The molecule has 0 aliphatic carbocycles. The van der Waals surface area contributed by atoms with Crippen LogP contribution in [0.5, 0.6) is 0 Å². The average molecular weight is 317 g/mol. The minimum absolute atomic E-state index is 0.283. The van der Waals surface area contributed by atoms with Crippen molar-refractivity contribution in [3.05, 3.63) is 83.9 Å². The van der Waals surface area contributed by atoms with Crippen molar-refractivity contribution in [3.8, 4) is 0 Å². The molecule has 23 heavy (non-hydrogen) atoms. The van der Waals surface area contributed by atoms with Gasteiger partial charge in [-0.05, 0) is 30.7 Å². The summed E-state index contributed by atoms with van der Waals surface area (Å²) in [6.07, 6.45) is 1.46. The van der Waals surface area contributed by atoms with Gasteiger partial charge in [0.2, 0.25) is 0 Å². The standard InChI is InChI=1S/C19H21F2NO/c1-3-19(2,23)14-22(12-15-8-10-17(20)11-9-15)13-16-6-4-5-7-18(16)21/h3-11,23H,1,12-14H2,2H3. The summed E-state index contributed by atoms with van der Waals surface area (Å²) in [5, 5.41) is 10.2. The van der Waals surface area contributed by atoms with Gasteiger partial charge >= 0.3 is 0 Å². The second-order valence-corrected chi connectivity index (χ2v) is 5.92. The van der Waals surface area contributed by atoms with Gasteiger partial charge in [0.05, 0.1) is 5.60 Å². The number of nitrogens with zero attached hydrogens (tertiary/aromatic N) is 1. The third kappa shape index (κ3) is 5.27. The van der Waals surface area contributed by atoms with Crippen molar-refractivity contribution < 1.29 is 13.9 Å². The predicted octanol–water partition coefficient (Wildman–Crippen LogP) is 3.90. The first-order valence-corrected chi connectivity index (χ1v) is 7.46. The first kappa shape index (κ1) is 17.3. The van der Waals surface area contributed by atoms with Gasteiger partial charge in [0.25, 0.3) is 0 Å². The zero-order valence-electron chi connectivity index (χ0n) is 13.2. The maximum atomic E-state index is 13.9. The Hall–Kier alpha value is -2.04. The van der Waals surface area contributed by atoms with Crippen molar-refractivity contribution in [1.82, 2.24) is 4.90 Å². The van der Waals surface area contributed by atoms with Crippen LogP contribution >= 0.6 is 0 Å². The number of benzene rings is 2. The van der Waals surface area contributed by atoms with E-state index < -0.39 is 5.60 Å². The molecule has 2 aromatic carbocycles. The summed E-state index contributed by atoms with van der Waals surface area (Å²) in [6.45, 7) is 6.39. The third-order valence-electron chi connectivity index (χ3n) is 3.65. The maximum Gasteiger partial charge on any atom is 0.127 e. The van der Waals surface area contributed by atoms with Crippen LogP contribution in [0.25, 0.3) is 0 Å². The molecule has 0 heterocycles. The van der Waals surface area contributed by atoms with Gasteiger partial charge in [0, 0.05) is 25.2 Å². The Kier molecular flexibility index (Phi) is 5.64. The number of hydrogen-bond acceptors (Lipinski definition) is 2. The molecule has 0 amide bonds. The monoisotopic (exact) mass is 317 g/mol. The van der Waals surface area contributed by atoms with E-state index in [1.807, 2.05) is 4.90 Å². The fraction of sp³-hybridized carbons (Fsp3) is 0.263. The van der Waals surface area contributed by atoms with Crippen molar-refractivity contribution in [3.63, 3.8) is 0 Å². The number of rotatable bonds is 7. The number of aliphatic hydroxyl groups is 1. The molecular formula is C19H21F2NO. The molecule has 0 saturated carbocycles. The van der Waals surface area contributed by atoms with Gasteiger partial charge in [0.1, 0.15) is 11.6 Å². The zero-order chi connectivity index (χ0) is 16.9. The zero-order valence-corrected chi connectivity index (χ0v) is 13.2. The van der Waals surface area contributed by atoms with Crippen LogP contribution in [0.4, 0.5) is 8.78 Å². The summed E-state index contributed by atoms with van der Waals surface area (Å²) in [5.41, 5.74) is 0.350. The van der Waals surface area contributed by atoms with Crippen LogP contribution in [0, 0.1) is 11.6 Å². The van der Waals surface area contributed by atoms with Gasteiger partial charge in [-0.2, -0.15) is 0 Å². The second-order valence-electron chi connectivity index (χ2n) is 5.92. The van der Waals surface area contributed by atoms with Crippen molar-refractivity contribution >= 4 is 0 Å². The molecule has 2 nitrogen and oxygen atoms in total. The van der Waals surface area contributed by atoms with Crippen LogP contribution in [0.1, 0.15) is 18.1 Å². The van der Waals surface area contributed by atoms with Crippen molar-refractivity contribution in [2.24, 2.45) is 0 Å². The van der Waals surface area contributed by atoms with E-state index in [1.165, 1.54) is 24.3 Å². The van der Waals surface area contributed by atoms with E-state index in [-0.39, 0.29) is 11.6 Å². The molecule has 0 fully saturated rings. The van der Waals surface area contributed by atoms with Gasteiger partial charge in [-0.25, -0.2) is 8.78 Å². The molecule has 0 aliphatic rings. The molecule has 1 N–H and O–H groups in total. The highest BCUT2D eigenvalue weighted by Crippen LogP contribution is 2.17. The van der Waals surface area contributed by atoms with Crippen LogP contribution in [0.2, 0.25) is 0 Å². The molecule has 4 heteroatoms. The highest BCUT2D eigenvalue weighted by Gasteiger charge is 2.21. The smallest absolute Gasteiger partial charge is 0.127 e. The number of hydrogen-bond donors (Lipinski definition) is 1. The van der Waals surface area contributed by atoms with Gasteiger partial charge in [-0.1, -0.05) is 36.4 Å². The molecule has 0 aliphatic heterocycles. The van der Waals surface area contributed by atoms with Gasteiger partial charge in [0.15, 0.2) is 0 Å². The molecule has 122 valence electrons. The van der Waals surface area contributed by atoms with E-state index in [2.05, 4.69) is 6.58 Å². The summed E-state index contributed by atoms with van der Waals surface area (Å²) in [4.78, 5) is 1.91. The first-order chi connectivity index (χ1) is 10.9. The summed E-state index contributed by atoms with van der Waals surface area (Å²) in [6, 6.07) is 12.7. The largest absolute Gasteiger partial charge is 0.385 e. The fourth-order valence-electron chi connectivity index (χ4n) is 2.40. The topological polar surface area (TPSA) is 23.5 Å². The van der Waals surface area contributed by atoms with E-state index in [0.29, 0.717) is 25.2 Å². The maximum absolute atomic E-state index is 13.9. The van der Waals surface area contributed by atoms with Crippen molar-refractivity contribution in [2.75, 3.05) is 6.54 Å². The van der Waals surface area contributed by atoms with Crippen LogP contribution < -0.4 is 0 Å². The van der Waals surface area contributed by atoms with Crippen LogP contribution in [0.15, 0.2) is 61.2 Å². The van der Waals surface area contributed by atoms with E-state index >= 15 is 0 Å². The highest BCUT2D eigenvalue weighted by atomic mass is 19.1. The minimum atomic E-state index is -1.09. The Morgan fingerprint density at radius 2 is 1.74 bits per heavy atom. The summed E-state index contributed by atoms with van der Waals surface area (Å²) < 4.78 is 26.9. The Bertz CT molecular complexity index is 653. The van der Waals surface area contributed by atoms with Gasteiger partial charge < -0.3 is 5.11 Å². The van der Waals surface area contributed by atoms with Gasteiger partial charge in [-0.15, -0.1) is 6.58 Å². The summed E-state index contributed by atoms with van der Waals surface area (Å²) in [7, 11) is 0. The van der Waals surface area contributed by atoms with Crippen molar-refractivity contribution in [1.29, 1.82) is 0 Å². The summed E-state index contributed by atoms with van der Waals surface area (Å²) in [5.74, 6) is -0.581. The Balaban J connectivity index is 2.19. The highest BCUT2D eigenvalue weighted by molar-refractivity contribution is 5.19. The molecule has 0 aromatic heterocycles. The lowest BCUT2D eigenvalue weighted by atomic mass is 10.1. The molecule has 2 rings (SSSR count). The molecule has 1 unspecified atom stereocenters. The average Bonchev–Trinajstić information content (AvgIpc) is 2.51. The van der Waals surface area contributed by atoms with Gasteiger partial charge in [-0.3, -0.25) is 4.90 Å². The Morgan fingerprint density at radius 1 is 1.09 bits per heavy atom. The van der Waals surface area contributed by atoms with Crippen LogP contribution in [0.3, 0.4) is 0 Å².